The highest BCUT2D eigenvalue weighted by atomic mass is 35.5. The number of amides is 1. The standard InChI is InChI=1S/C9H9ClN2O/c1-12(9(10)13)11-7-8-5-3-2-4-6-8/h2-7H,1H3/b11-7+. The minimum Gasteiger partial charge on any atom is -0.253 e. The topological polar surface area (TPSA) is 32.7 Å². The van der Waals surface area contributed by atoms with Gasteiger partial charge >= 0.3 is 5.37 Å². The molecule has 0 aliphatic carbocycles. The summed E-state index contributed by atoms with van der Waals surface area (Å²) in [6.45, 7) is 0. The second-order valence-corrected chi connectivity index (χ2v) is 2.76. The summed E-state index contributed by atoms with van der Waals surface area (Å²) in [7, 11) is 1.49. The molecule has 0 atom stereocenters. The smallest absolute Gasteiger partial charge is 0.253 e. The summed E-state index contributed by atoms with van der Waals surface area (Å²) < 4.78 is 0. The third-order valence-electron chi connectivity index (χ3n) is 1.43. The van der Waals surface area contributed by atoms with Crippen LogP contribution >= 0.6 is 11.6 Å². The summed E-state index contributed by atoms with van der Waals surface area (Å²) in [5.74, 6) is 0. The lowest BCUT2D eigenvalue weighted by atomic mass is 10.2. The monoisotopic (exact) mass is 196 g/mol. The Morgan fingerprint density at radius 3 is 2.62 bits per heavy atom. The second-order valence-electron chi connectivity index (χ2n) is 2.43. The molecule has 13 heavy (non-hydrogen) atoms. The van der Waals surface area contributed by atoms with Crippen LogP contribution in [0.15, 0.2) is 35.4 Å². The van der Waals surface area contributed by atoms with Gasteiger partial charge in [0, 0.05) is 7.05 Å². The maximum Gasteiger partial charge on any atom is 0.336 e. The molecule has 0 fully saturated rings. The van der Waals surface area contributed by atoms with Crippen LogP contribution in [0.4, 0.5) is 4.79 Å². The fourth-order valence-electron chi connectivity index (χ4n) is 0.738. The van der Waals surface area contributed by atoms with Gasteiger partial charge in [-0.1, -0.05) is 30.3 Å². The van der Waals surface area contributed by atoms with Gasteiger partial charge in [-0.25, -0.2) is 5.01 Å². The Hall–Kier alpha value is -1.35. The number of hydrogen-bond acceptors (Lipinski definition) is 2. The van der Waals surface area contributed by atoms with Crippen molar-refractivity contribution in [3.8, 4) is 0 Å². The van der Waals surface area contributed by atoms with Crippen LogP contribution in [0.2, 0.25) is 0 Å². The van der Waals surface area contributed by atoms with E-state index < -0.39 is 5.37 Å². The van der Waals surface area contributed by atoms with E-state index in [1.54, 1.807) is 6.21 Å². The highest BCUT2D eigenvalue weighted by molar-refractivity contribution is 6.62. The number of hydrazone groups is 1. The molecular weight excluding hydrogens is 188 g/mol. The Bertz CT molecular complexity index is 311. The molecule has 0 N–H and O–H groups in total. The molecule has 1 aromatic rings. The number of carbonyl (C=O) groups is 1. The van der Waals surface area contributed by atoms with Gasteiger partial charge in [-0.3, -0.25) is 4.79 Å². The van der Waals surface area contributed by atoms with E-state index in [-0.39, 0.29) is 0 Å². The van der Waals surface area contributed by atoms with E-state index in [2.05, 4.69) is 5.10 Å². The summed E-state index contributed by atoms with van der Waals surface area (Å²) >= 11 is 5.17. The molecule has 0 saturated heterocycles. The zero-order valence-electron chi connectivity index (χ0n) is 7.14. The van der Waals surface area contributed by atoms with Crippen molar-refractivity contribution in [3.63, 3.8) is 0 Å². The summed E-state index contributed by atoms with van der Waals surface area (Å²) in [5.41, 5.74) is 0.923. The average Bonchev–Trinajstić information content (AvgIpc) is 2.15. The molecule has 0 bridgehead atoms. The Morgan fingerprint density at radius 2 is 2.08 bits per heavy atom. The lowest BCUT2D eigenvalue weighted by molar-refractivity contribution is 0.234. The quantitative estimate of drug-likeness (QED) is 0.309. The molecule has 0 saturated carbocycles. The third kappa shape index (κ3) is 3.25. The fraction of sp³-hybridized carbons (Fsp3) is 0.111. The minimum atomic E-state index is -0.604. The molecule has 0 spiro atoms. The molecule has 1 amide bonds. The molecule has 0 aliphatic rings. The van der Waals surface area contributed by atoms with Gasteiger partial charge in [0.1, 0.15) is 0 Å². The number of carbonyl (C=O) groups excluding carboxylic acids is 1. The van der Waals surface area contributed by atoms with Crippen LogP contribution in [0, 0.1) is 0 Å². The molecule has 0 radical (unpaired) electrons. The second kappa shape index (κ2) is 4.62. The van der Waals surface area contributed by atoms with Crippen LogP contribution < -0.4 is 0 Å². The van der Waals surface area contributed by atoms with Crippen molar-refractivity contribution in [2.24, 2.45) is 5.10 Å². The van der Waals surface area contributed by atoms with Crippen molar-refractivity contribution in [2.45, 2.75) is 0 Å². The lowest BCUT2D eigenvalue weighted by Gasteiger charge is -2.03. The van der Waals surface area contributed by atoms with Crippen molar-refractivity contribution >= 4 is 23.2 Å². The number of benzene rings is 1. The number of nitrogens with zero attached hydrogens (tertiary/aromatic N) is 2. The molecule has 1 rings (SSSR count). The van der Waals surface area contributed by atoms with Crippen LogP contribution in [0.1, 0.15) is 5.56 Å². The summed E-state index contributed by atoms with van der Waals surface area (Å²) in [6.07, 6.45) is 1.57. The Balaban J connectivity index is 2.64. The Labute approximate surface area is 81.6 Å². The molecule has 0 unspecified atom stereocenters. The van der Waals surface area contributed by atoms with Crippen molar-refractivity contribution in [1.82, 2.24) is 5.01 Å². The van der Waals surface area contributed by atoms with Gasteiger partial charge < -0.3 is 0 Å². The highest BCUT2D eigenvalue weighted by Gasteiger charge is 1.98. The van der Waals surface area contributed by atoms with E-state index in [0.717, 1.165) is 10.6 Å². The fourth-order valence-corrected chi connectivity index (χ4v) is 0.781. The minimum absolute atomic E-state index is 0.604. The summed E-state index contributed by atoms with van der Waals surface area (Å²) in [4.78, 5) is 10.5. The largest absolute Gasteiger partial charge is 0.336 e. The van der Waals surface area contributed by atoms with Crippen LogP contribution in [-0.4, -0.2) is 23.6 Å². The Kier molecular flexibility index (Phi) is 3.46. The first kappa shape index (κ1) is 9.74. The molecule has 4 heteroatoms. The molecule has 0 heterocycles. The zero-order chi connectivity index (χ0) is 9.68. The summed E-state index contributed by atoms with van der Waals surface area (Å²) in [5, 5.41) is 4.28. The van der Waals surface area contributed by atoms with Gasteiger partial charge in [0.25, 0.3) is 0 Å². The number of rotatable bonds is 2. The van der Waals surface area contributed by atoms with E-state index >= 15 is 0 Å². The first-order valence-electron chi connectivity index (χ1n) is 3.72. The van der Waals surface area contributed by atoms with E-state index in [1.807, 2.05) is 30.3 Å². The zero-order valence-corrected chi connectivity index (χ0v) is 7.90. The molecule has 0 aromatic heterocycles. The lowest BCUT2D eigenvalue weighted by Crippen LogP contribution is -2.13. The first-order chi connectivity index (χ1) is 6.20. The number of halogens is 1. The van der Waals surface area contributed by atoms with E-state index in [1.165, 1.54) is 7.05 Å². The van der Waals surface area contributed by atoms with Crippen molar-refractivity contribution in [1.29, 1.82) is 0 Å². The van der Waals surface area contributed by atoms with Crippen LogP contribution in [0.25, 0.3) is 0 Å². The first-order valence-corrected chi connectivity index (χ1v) is 4.10. The van der Waals surface area contributed by atoms with Gasteiger partial charge in [0.2, 0.25) is 0 Å². The average molecular weight is 197 g/mol. The SMILES string of the molecule is CN(/N=C/c1ccccc1)C(=O)Cl. The highest BCUT2D eigenvalue weighted by Crippen LogP contribution is 1.96. The molecule has 68 valence electrons. The molecule has 1 aromatic carbocycles. The predicted octanol–water partition coefficient (Wildman–Crippen LogP) is 2.31. The van der Waals surface area contributed by atoms with Crippen LogP contribution in [0.3, 0.4) is 0 Å². The normalized spacial score (nSPS) is 10.3. The van der Waals surface area contributed by atoms with Gasteiger partial charge in [0.15, 0.2) is 0 Å². The molecular formula is C9H9ClN2O. The van der Waals surface area contributed by atoms with Gasteiger partial charge in [0.05, 0.1) is 6.21 Å². The van der Waals surface area contributed by atoms with Gasteiger partial charge in [-0.15, -0.1) is 0 Å². The van der Waals surface area contributed by atoms with Gasteiger partial charge in [-0.05, 0) is 17.2 Å². The Morgan fingerprint density at radius 1 is 1.46 bits per heavy atom. The van der Waals surface area contributed by atoms with Crippen molar-refractivity contribution in [3.05, 3.63) is 35.9 Å². The van der Waals surface area contributed by atoms with Gasteiger partial charge in [-0.2, -0.15) is 5.10 Å². The number of hydrogen-bond donors (Lipinski definition) is 0. The predicted molar refractivity (Wildman–Crippen MR) is 53.0 cm³/mol. The van der Waals surface area contributed by atoms with E-state index in [9.17, 15) is 4.79 Å². The van der Waals surface area contributed by atoms with Crippen molar-refractivity contribution in [2.75, 3.05) is 7.05 Å². The van der Waals surface area contributed by atoms with Crippen LogP contribution in [-0.2, 0) is 0 Å². The van der Waals surface area contributed by atoms with E-state index in [4.69, 9.17) is 11.6 Å². The maximum absolute atomic E-state index is 10.5. The molecule has 0 aliphatic heterocycles. The van der Waals surface area contributed by atoms with Crippen LogP contribution in [0.5, 0.6) is 0 Å². The van der Waals surface area contributed by atoms with Crippen molar-refractivity contribution < 1.29 is 4.79 Å². The third-order valence-corrected chi connectivity index (χ3v) is 1.68. The van der Waals surface area contributed by atoms with E-state index in [0.29, 0.717) is 0 Å². The molecule has 3 nitrogen and oxygen atoms in total. The summed E-state index contributed by atoms with van der Waals surface area (Å²) in [6, 6.07) is 9.47. The maximum atomic E-state index is 10.5.